The highest BCUT2D eigenvalue weighted by molar-refractivity contribution is 7.10. The Morgan fingerprint density at radius 3 is 3.12 bits per heavy atom. The van der Waals surface area contributed by atoms with Crippen molar-refractivity contribution in [1.29, 1.82) is 0 Å². The van der Waals surface area contributed by atoms with Gasteiger partial charge in [-0.3, -0.25) is 9.69 Å². The monoisotopic (exact) mass is 238 g/mol. The number of nitrogens with zero attached hydrogens (tertiary/aromatic N) is 1. The maximum atomic E-state index is 11.2. The Balaban J connectivity index is 1.95. The highest BCUT2D eigenvalue weighted by Gasteiger charge is 2.24. The van der Waals surface area contributed by atoms with E-state index in [1.54, 1.807) is 11.3 Å². The van der Waals surface area contributed by atoms with Crippen molar-refractivity contribution in [3.05, 3.63) is 21.9 Å². The van der Waals surface area contributed by atoms with Gasteiger partial charge in [0.2, 0.25) is 5.91 Å². The minimum absolute atomic E-state index is 0.0500. The Hall–Kier alpha value is -0.870. The summed E-state index contributed by atoms with van der Waals surface area (Å²) in [6, 6.07) is 2.15. The molecule has 1 fully saturated rings. The number of hydrogen-bond acceptors (Lipinski definition) is 3. The Bertz CT molecular complexity index is 375. The molecule has 1 amide bonds. The number of likely N-dealkylation sites (tertiary alicyclic amines) is 1. The van der Waals surface area contributed by atoms with E-state index in [9.17, 15) is 4.79 Å². The summed E-state index contributed by atoms with van der Waals surface area (Å²) in [7, 11) is 0. The van der Waals surface area contributed by atoms with E-state index < -0.39 is 0 Å². The number of carbonyl (C=O) groups excluding carboxylic acids is 1. The van der Waals surface area contributed by atoms with Crippen LogP contribution in [0.4, 0.5) is 0 Å². The molecule has 16 heavy (non-hydrogen) atoms. The fourth-order valence-electron chi connectivity index (χ4n) is 2.20. The van der Waals surface area contributed by atoms with Gasteiger partial charge in [0, 0.05) is 18.0 Å². The van der Waals surface area contributed by atoms with E-state index in [1.165, 1.54) is 10.4 Å². The number of rotatable bonds is 3. The summed E-state index contributed by atoms with van der Waals surface area (Å²) in [6.45, 7) is 5.02. The second-order valence-electron chi connectivity index (χ2n) is 4.50. The van der Waals surface area contributed by atoms with Crippen molar-refractivity contribution < 1.29 is 4.79 Å². The van der Waals surface area contributed by atoms with Crippen LogP contribution in [0.2, 0.25) is 0 Å². The molecule has 1 atom stereocenters. The van der Waals surface area contributed by atoms with Crippen molar-refractivity contribution in [2.75, 3.05) is 13.1 Å². The van der Waals surface area contributed by atoms with Gasteiger partial charge in [-0.2, -0.15) is 0 Å². The van der Waals surface area contributed by atoms with E-state index in [4.69, 9.17) is 5.73 Å². The van der Waals surface area contributed by atoms with Crippen LogP contribution in [0.15, 0.2) is 11.4 Å². The second kappa shape index (κ2) is 4.97. The predicted molar refractivity (Wildman–Crippen MR) is 66.3 cm³/mol. The van der Waals surface area contributed by atoms with Gasteiger partial charge < -0.3 is 5.73 Å². The minimum atomic E-state index is -0.146. The van der Waals surface area contributed by atoms with E-state index in [-0.39, 0.29) is 11.8 Å². The summed E-state index contributed by atoms with van der Waals surface area (Å²) in [4.78, 5) is 14.9. The lowest BCUT2D eigenvalue weighted by atomic mass is 9.97. The molecule has 1 aliphatic heterocycles. The lowest BCUT2D eigenvalue weighted by Crippen LogP contribution is -2.40. The van der Waals surface area contributed by atoms with Crippen molar-refractivity contribution >= 4 is 17.2 Å². The first-order valence-electron chi connectivity index (χ1n) is 5.71. The molecule has 0 spiro atoms. The average molecular weight is 238 g/mol. The van der Waals surface area contributed by atoms with E-state index in [0.717, 1.165) is 32.5 Å². The third kappa shape index (κ3) is 2.62. The molecule has 2 heterocycles. The highest BCUT2D eigenvalue weighted by Crippen LogP contribution is 2.22. The number of hydrogen-bond donors (Lipinski definition) is 1. The van der Waals surface area contributed by atoms with Crippen LogP contribution in [0, 0.1) is 12.8 Å². The maximum Gasteiger partial charge on any atom is 0.221 e. The van der Waals surface area contributed by atoms with Gasteiger partial charge in [-0.1, -0.05) is 0 Å². The lowest BCUT2D eigenvalue weighted by molar-refractivity contribution is -0.123. The number of thiophene rings is 1. The molecule has 1 aliphatic rings. The molecule has 1 aromatic heterocycles. The summed E-state index contributed by atoms with van der Waals surface area (Å²) < 4.78 is 0. The molecular weight excluding hydrogens is 220 g/mol. The van der Waals surface area contributed by atoms with Crippen molar-refractivity contribution in [2.24, 2.45) is 11.7 Å². The number of primary amides is 1. The van der Waals surface area contributed by atoms with Crippen LogP contribution in [0.5, 0.6) is 0 Å². The fourth-order valence-corrected chi connectivity index (χ4v) is 3.15. The van der Waals surface area contributed by atoms with Crippen molar-refractivity contribution in [2.45, 2.75) is 26.3 Å². The van der Waals surface area contributed by atoms with Crippen molar-refractivity contribution in [3.63, 3.8) is 0 Å². The molecule has 0 aliphatic carbocycles. The first-order chi connectivity index (χ1) is 7.66. The van der Waals surface area contributed by atoms with Crippen LogP contribution in [0.3, 0.4) is 0 Å². The molecule has 0 aromatic carbocycles. The zero-order valence-corrected chi connectivity index (χ0v) is 10.4. The molecule has 2 N–H and O–H groups in total. The standard InChI is InChI=1S/C12H18N2OS/c1-9-4-6-16-11(9)8-14-5-2-3-10(7-14)12(13)15/h4,6,10H,2-3,5,7-8H2,1H3,(H2,13,15)/t10-/m0/s1. The van der Waals surface area contributed by atoms with Crippen molar-refractivity contribution in [1.82, 2.24) is 4.90 Å². The Morgan fingerprint density at radius 1 is 1.69 bits per heavy atom. The second-order valence-corrected chi connectivity index (χ2v) is 5.50. The quantitative estimate of drug-likeness (QED) is 0.872. The Morgan fingerprint density at radius 2 is 2.50 bits per heavy atom. The third-order valence-electron chi connectivity index (χ3n) is 3.24. The molecule has 0 radical (unpaired) electrons. The summed E-state index contributed by atoms with van der Waals surface area (Å²) in [5.74, 6) is -0.0957. The molecule has 88 valence electrons. The molecule has 0 saturated carbocycles. The summed E-state index contributed by atoms with van der Waals surface area (Å²) in [5.41, 5.74) is 6.72. The highest BCUT2D eigenvalue weighted by atomic mass is 32.1. The van der Waals surface area contributed by atoms with Gasteiger partial charge in [-0.05, 0) is 43.3 Å². The fraction of sp³-hybridized carbons (Fsp3) is 0.583. The SMILES string of the molecule is Cc1ccsc1CN1CCC[C@H](C(N)=O)C1. The zero-order chi connectivity index (χ0) is 11.5. The summed E-state index contributed by atoms with van der Waals surface area (Å²) in [5, 5.41) is 2.13. The lowest BCUT2D eigenvalue weighted by Gasteiger charge is -2.30. The topological polar surface area (TPSA) is 46.3 Å². The molecule has 2 rings (SSSR count). The number of aryl methyl sites for hydroxylation is 1. The minimum Gasteiger partial charge on any atom is -0.369 e. The van der Waals surface area contributed by atoms with Crippen LogP contribution in [-0.4, -0.2) is 23.9 Å². The molecule has 1 aromatic rings. The van der Waals surface area contributed by atoms with E-state index >= 15 is 0 Å². The van der Waals surface area contributed by atoms with E-state index in [1.807, 2.05) is 0 Å². The largest absolute Gasteiger partial charge is 0.369 e. The van der Waals surface area contributed by atoms with E-state index in [2.05, 4.69) is 23.3 Å². The summed E-state index contributed by atoms with van der Waals surface area (Å²) in [6.07, 6.45) is 2.04. The molecule has 1 saturated heterocycles. The van der Waals surface area contributed by atoms with Crippen LogP contribution >= 0.6 is 11.3 Å². The first kappa shape index (κ1) is 11.6. The van der Waals surface area contributed by atoms with Gasteiger partial charge in [0.1, 0.15) is 0 Å². The third-order valence-corrected chi connectivity index (χ3v) is 4.25. The summed E-state index contributed by atoms with van der Waals surface area (Å²) >= 11 is 1.79. The van der Waals surface area contributed by atoms with Crippen LogP contribution in [-0.2, 0) is 11.3 Å². The normalized spacial score (nSPS) is 22.2. The molecule has 0 bridgehead atoms. The zero-order valence-electron chi connectivity index (χ0n) is 9.61. The number of nitrogens with two attached hydrogens (primary N) is 1. The van der Waals surface area contributed by atoms with Gasteiger partial charge in [0.25, 0.3) is 0 Å². The van der Waals surface area contributed by atoms with Gasteiger partial charge in [0.05, 0.1) is 5.92 Å². The molecule has 4 heteroatoms. The maximum absolute atomic E-state index is 11.2. The van der Waals surface area contributed by atoms with Crippen LogP contribution in [0.25, 0.3) is 0 Å². The Labute approximate surface area is 100 Å². The molecular formula is C12H18N2OS. The number of piperidine rings is 1. The van der Waals surface area contributed by atoms with Gasteiger partial charge in [-0.15, -0.1) is 11.3 Å². The van der Waals surface area contributed by atoms with Gasteiger partial charge in [0.15, 0.2) is 0 Å². The van der Waals surface area contributed by atoms with Crippen LogP contribution in [0.1, 0.15) is 23.3 Å². The molecule has 0 unspecified atom stereocenters. The van der Waals surface area contributed by atoms with Crippen molar-refractivity contribution in [3.8, 4) is 0 Å². The van der Waals surface area contributed by atoms with Crippen LogP contribution < -0.4 is 5.73 Å². The average Bonchev–Trinajstić information content (AvgIpc) is 2.65. The van der Waals surface area contributed by atoms with E-state index in [0.29, 0.717) is 0 Å². The smallest absolute Gasteiger partial charge is 0.221 e. The number of carbonyl (C=O) groups is 1. The van der Waals surface area contributed by atoms with Gasteiger partial charge >= 0.3 is 0 Å². The number of amides is 1. The van der Waals surface area contributed by atoms with Gasteiger partial charge in [-0.25, -0.2) is 0 Å². The Kier molecular flexibility index (Phi) is 3.61. The molecule has 3 nitrogen and oxygen atoms in total. The predicted octanol–water partition coefficient (Wildman–Crippen LogP) is 1.75. The first-order valence-corrected chi connectivity index (χ1v) is 6.59.